The summed E-state index contributed by atoms with van der Waals surface area (Å²) in [5, 5.41) is 19.7. The SMILES string of the molecule is O=c1c2ccc(B(O)O)cc2ccn1CCc1ccccc1. The lowest BCUT2D eigenvalue weighted by Gasteiger charge is -2.08. The second-order valence-corrected chi connectivity index (χ2v) is 5.27. The van der Waals surface area contributed by atoms with Gasteiger partial charge in [0.2, 0.25) is 0 Å². The van der Waals surface area contributed by atoms with Crippen LogP contribution in [-0.4, -0.2) is 21.7 Å². The first-order valence-corrected chi connectivity index (χ1v) is 7.18. The molecule has 0 radical (unpaired) electrons. The molecule has 2 aromatic carbocycles. The Morgan fingerprint density at radius 1 is 1.00 bits per heavy atom. The lowest BCUT2D eigenvalue weighted by atomic mass is 9.79. The molecule has 110 valence electrons. The van der Waals surface area contributed by atoms with Gasteiger partial charge in [-0.05, 0) is 35.0 Å². The van der Waals surface area contributed by atoms with Crippen LogP contribution in [0.3, 0.4) is 0 Å². The molecule has 0 saturated carbocycles. The van der Waals surface area contributed by atoms with Crippen LogP contribution >= 0.6 is 0 Å². The first kappa shape index (κ1) is 14.6. The molecule has 1 aromatic heterocycles. The Hall–Kier alpha value is -2.37. The van der Waals surface area contributed by atoms with Crippen LogP contribution in [0.15, 0.2) is 65.6 Å². The third-order valence-electron chi connectivity index (χ3n) is 3.78. The maximum absolute atomic E-state index is 12.5. The first-order valence-electron chi connectivity index (χ1n) is 7.18. The maximum atomic E-state index is 12.5. The molecule has 0 aliphatic heterocycles. The summed E-state index contributed by atoms with van der Waals surface area (Å²) in [7, 11) is -1.52. The molecule has 1 heterocycles. The lowest BCUT2D eigenvalue weighted by Crippen LogP contribution is -2.30. The number of benzene rings is 2. The van der Waals surface area contributed by atoms with Crippen LogP contribution < -0.4 is 11.0 Å². The molecule has 0 aliphatic rings. The molecule has 3 aromatic rings. The van der Waals surface area contributed by atoms with Crippen molar-refractivity contribution in [3.05, 3.63) is 76.7 Å². The normalized spacial score (nSPS) is 10.8. The quantitative estimate of drug-likeness (QED) is 0.703. The van der Waals surface area contributed by atoms with Gasteiger partial charge in [0, 0.05) is 18.1 Å². The minimum atomic E-state index is -1.52. The summed E-state index contributed by atoms with van der Waals surface area (Å²) in [5.74, 6) is 0. The largest absolute Gasteiger partial charge is 0.488 e. The van der Waals surface area contributed by atoms with Crippen molar-refractivity contribution in [3.8, 4) is 0 Å². The van der Waals surface area contributed by atoms with E-state index in [1.54, 1.807) is 29.0 Å². The Balaban J connectivity index is 1.90. The highest BCUT2D eigenvalue weighted by Gasteiger charge is 2.12. The van der Waals surface area contributed by atoms with Crippen molar-refractivity contribution in [2.45, 2.75) is 13.0 Å². The molecule has 2 N–H and O–H groups in total. The Kier molecular flexibility index (Phi) is 4.09. The van der Waals surface area contributed by atoms with E-state index in [9.17, 15) is 14.8 Å². The number of aryl methyl sites for hydroxylation is 2. The number of hydrogen-bond acceptors (Lipinski definition) is 3. The molecule has 0 aliphatic carbocycles. The summed E-state index contributed by atoms with van der Waals surface area (Å²) in [6.45, 7) is 0.614. The van der Waals surface area contributed by atoms with Gasteiger partial charge in [0.05, 0.1) is 0 Å². The van der Waals surface area contributed by atoms with E-state index in [0.29, 0.717) is 22.8 Å². The van der Waals surface area contributed by atoms with Crippen molar-refractivity contribution in [2.75, 3.05) is 0 Å². The molecule has 5 heteroatoms. The van der Waals surface area contributed by atoms with E-state index in [4.69, 9.17) is 0 Å². The highest BCUT2D eigenvalue weighted by Crippen LogP contribution is 2.08. The van der Waals surface area contributed by atoms with Crippen molar-refractivity contribution in [3.63, 3.8) is 0 Å². The highest BCUT2D eigenvalue weighted by molar-refractivity contribution is 6.58. The zero-order valence-electron chi connectivity index (χ0n) is 12.0. The molecule has 22 heavy (non-hydrogen) atoms. The average Bonchev–Trinajstić information content (AvgIpc) is 2.55. The van der Waals surface area contributed by atoms with Gasteiger partial charge in [-0.1, -0.05) is 42.5 Å². The van der Waals surface area contributed by atoms with E-state index < -0.39 is 7.12 Å². The Labute approximate surface area is 128 Å². The minimum absolute atomic E-state index is 0.0626. The Morgan fingerprint density at radius 3 is 2.50 bits per heavy atom. The number of pyridine rings is 1. The van der Waals surface area contributed by atoms with E-state index in [0.717, 1.165) is 6.42 Å². The fourth-order valence-corrected chi connectivity index (χ4v) is 2.54. The van der Waals surface area contributed by atoms with Gasteiger partial charge in [0.25, 0.3) is 5.56 Å². The number of hydrogen-bond donors (Lipinski definition) is 2. The zero-order chi connectivity index (χ0) is 15.5. The average molecular weight is 293 g/mol. The predicted octanol–water partition coefficient (Wildman–Crippen LogP) is 0.924. The first-order chi connectivity index (χ1) is 10.6. The lowest BCUT2D eigenvalue weighted by molar-refractivity contribution is 0.426. The van der Waals surface area contributed by atoms with Crippen LogP contribution in [0.1, 0.15) is 5.56 Å². The Morgan fingerprint density at radius 2 is 1.77 bits per heavy atom. The van der Waals surface area contributed by atoms with E-state index in [1.165, 1.54) is 5.56 Å². The molecular weight excluding hydrogens is 277 g/mol. The molecular formula is C17H16BNO3. The summed E-state index contributed by atoms with van der Waals surface area (Å²) in [6.07, 6.45) is 2.54. The maximum Gasteiger partial charge on any atom is 0.488 e. The van der Waals surface area contributed by atoms with Crippen LogP contribution in [0.5, 0.6) is 0 Å². The molecule has 0 atom stereocenters. The van der Waals surface area contributed by atoms with Crippen molar-refractivity contribution in [1.82, 2.24) is 4.57 Å². The van der Waals surface area contributed by atoms with Crippen LogP contribution in [-0.2, 0) is 13.0 Å². The molecule has 0 saturated heterocycles. The van der Waals surface area contributed by atoms with Gasteiger partial charge in [-0.2, -0.15) is 0 Å². The standard InChI is InChI=1S/C17H16BNO3/c20-17-16-7-6-15(18(21)22)12-14(16)9-11-19(17)10-8-13-4-2-1-3-5-13/h1-7,9,11-12,21-22H,8,10H2. The van der Waals surface area contributed by atoms with Crippen molar-refractivity contribution in [2.24, 2.45) is 0 Å². The molecule has 0 fully saturated rings. The predicted molar refractivity (Wildman–Crippen MR) is 88.2 cm³/mol. The summed E-state index contributed by atoms with van der Waals surface area (Å²) >= 11 is 0. The number of rotatable bonds is 4. The number of nitrogens with zero attached hydrogens (tertiary/aromatic N) is 1. The topological polar surface area (TPSA) is 62.5 Å². The van der Waals surface area contributed by atoms with Crippen molar-refractivity contribution < 1.29 is 10.0 Å². The van der Waals surface area contributed by atoms with Gasteiger partial charge >= 0.3 is 7.12 Å². The van der Waals surface area contributed by atoms with Crippen molar-refractivity contribution in [1.29, 1.82) is 0 Å². The van der Waals surface area contributed by atoms with E-state index in [-0.39, 0.29) is 5.56 Å². The third kappa shape index (κ3) is 2.96. The molecule has 0 spiro atoms. The smallest absolute Gasteiger partial charge is 0.423 e. The van der Waals surface area contributed by atoms with Crippen molar-refractivity contribution >= 4 is 23.4 Å². The van der Waals surface area contributed by atoms with Gasteiger partial charge in [-0.15, -0.1) is 0 Å². The van der Waals surface area contributed by atoms with E-state index in [1.807, 2.05) is 36.4 Å². The van der Waals surface area contributed by atoms with Gasteiger partial charge in [0.15, 0.2) is 0 Å². The van der Waals surface area contributed by atoms with E-state index in [2.05, 4.69) is 0 Å². The molecule has 0 bridgehead atoms. The van der Waals surface area contributed by atoms with Gasteiger partial charge in [0.1, 0.15) is 0 Å². The van der Waals surface area contributed by atoms with Crippen LogP contribution in [0, 0.1) is 0 Å². The highest BCUT2D eigenvalue weighted by atomic mass is 16.4. The summed E-state index contributed by atoms with van der Waals surface area (Å²) < 4.78 is 1.68. The van der Waals surface area contributed by atoms with Crippen LogP contribution in [0.25, 0.3) is 10.8 Å². The molecule has 0 amide bonds. The van der Waals surface area contributed by atoms with E-state index >= 15 is 0 Å². The zero-order valence-corrected chi connectivity index (χ0v) is 12.0. The summed E-state index contributed by atoms with van der Waals surface area (Å²) in [6, 6.07) is 16.7. The fourth-order valence-electron chi connectivity index (χ4n) is 2.54. The van der Waals surface area contributed by atoms with Gasteiger partial charge in [-0.3, -0.25) is 4.79 Å². The molecule has 3 rings (SSSR count). The second kappa shape index (κ2) is 6.18. The van der Waals surface area contributed by atoms with Crippen LogP contribution in [0.4, 0.5) is 0 Å². The number of aromatic nitrogens is 1. The third-order valence-corrected chi connectivity index (χ3v) is 3.78. The Bertz CT molecular complexity index is 843. The van der Waals surface area contributed by atoms with Crippen LogP contribution in [0.2, 0.25) is 0 Å². The number of fused-ring (bicyclic) bond motifs is 1. The summed E-state index contributed by atoms with van der Waals surface area (Å²) in [5.41, 5.74) is 1.51. The minimum Gasteiger partial charge on any atom is -0.423 e. The molecule has 0 unspecified atom stereocenters. The summed E-state index contributed by atoms with van der Waals surface area (Å²) in [4.78, 5) is 12.5. The second-order valence-electron chi connectivity index (χ2n) is 5.27. The molecule has 4 nitrogen and oxygen atoms in total. The monoisotopic (exact) mass is 293 g/mol. The van der Waals surface area contributed by atoms with Gasteiger partial charge in [-0.25, -0.2) is 0 Å². The fraction of sp³-hybridized carbons (Fsp3) is 0.118. The van der Waals surface area contributed by atoms with Gasteiger partial charge < -0.3 is 14.6 Å².